The lowest BCUT2D eigenvalue weighted by molar-refractivity contribution is 0.0940. The van der Waals surface area contributed by atoms with Gasteiger partial charge in [0.1, 0.15) is 0 Å². The van der Waals surface area contributed by atoms with Gasteiger partial charge in [-0.3, -0.25) is 4.79 Å². The van der Waals surface area contributed by atoms with Crippen molar-refractivity contribution in [2.75, 3.05) is 26.2 Å². The monoisotopic (exact) mass is 370 g/mol. The maximum atomic E-state index is 12.7. The topological polar surface area (TPSA) is 68.2 Å². The Labute approximate surface area is 161 Å². The largest absolute Gasteiger partial charge is 0.489 e. The van der Waals surface area contributed by atoms with Gasteiger partial charge >= 0.3 is 0 Å². The van der Waals surface area contributed by atoms with Gasteiger partial charge in [-0.25, -0.2) is 4.68 Å². The summed E-state index contributed by atoms with van der Waals surface area (Å²) >= 11 is 0. The van der Waals surface area contributed by atoms with Crippen molar-refractivity contribution < 1.29 is 9.53 Å². The Morgan fingerprint density at radius 3 is 2.89 bits per heavy atom. The van der Waals surface area contributed by atoms with E-state index in [4.69, 9.17) is 4.74 Å². The second-order valence-corrected chi connectivity index (χ2v) is 7.58. The molecule has 1 aliphatic heterocycles. The van der Waals surface area contributed by atoms with Crippen LogP contribution in [0.5, 0.6) is 5.75 Å². The number of carbonyl (C=O) groups is 1. The second-order valence-electron chi connectivity index (χ2n) is 7.58. The van der Waals surface area contributed by atoms with E-state index in [2.05, 4.69) is 29.6 Å². The molecule has 6 nitrogen and oxygen atoms in total. The predicted octanol–water partition coefficient (Wildman–Crippen LogP) is 3.03. The van der Waals surface area contributed by atoms with Crippen molar-refractivity contribution in [1.82, 2.24) is 20.4 Å². The Bertz CT molecular complexity index is 721. The summed E-state index contributed by atoms with van der Waals surface area (Å²) in [5.74, 6) is 1.37. The van der Waals surface area contributed by atoms with Gasteiger partial charge in [-0.1, -0.05) is 32.0 Å². The molecule has 6 heteroatoms. The molecule has 0 spiro atoms. The third-order valence-corrected chi connectivity index (χ3v) is 4.73. The van der Waals surface area contributed by atoms with E-state index in [1.54, 1.807) is 10.9 Å². The van der Waals surface area contributed by atoms with Gasteiger partial charge in [0.25, 0.3) is 5.91 Å². The van der Waals surface area contributed by atoms with Crippen LogP contribution in [0.15, 0.2) is 36.5 Å². The van der Waals surface area contributed by atoms with Crippen LogP contribution < -0.4 is 15.4 Å². The van der Waals surface area contributed by atoms with Crippen LogP contribution in [0, 0.1) is 11.8 Å². The zero-order valence-corrected chi connectivity index (χ0v) is 16.3. The minimum Gasteiger partial charge on any atom is -0.489 e. The highest BCUT2D eigenvalue weighted by atomic mass is 16.5. The third-order valence-electron chi connectivity index (χ3n) is 4.73. The van der Waals surface area contributed by atoms with Crippen LogP contribution in [-0.4, -0.2) is 41.9 Å². The van der Waals surface area contributed by atoms with Crippen molar-refractivity contribution >= 4 is 5.91 Å². The first kappa shape index (κ1) is 19.4. The first-order chi connectivity index (χ1) is 13.1. The fourth-order valence-corrected chi connectivity index (χ4v) is 3.23. The number of para-hydroxylation sites is 1. The molecule has 0 saturated carbocycles. The molecule has 2 aromatic rings. The highest BCUT2D eigenvalue weighted by molar-refractivity contribution is 5.94. The average Bonchev–Trinajstić information content (AvgIpc) is 3.12. The van der Waals surface area contributed by atoms with Crippen LogP contribution in [0.1, 0.15) is 43.6 Å². The Balaban J connectivity index is 1.67. The number of rotatable bonds is 8. The van der Waals surface area contributed by atoms with Crippen molar-refractivity contribution in [3.05, 3.63) is 42.2 Å². The first-order valence-electron chi connectivity index (χ1n) is 9.90. The summed E-state index contributed by atoms with van der Waals surface area (Å²) in [6, 6.07) is 9.76. The fourth-order valence-electron chi connectivity index (χ4n) is 3.23. The lowest BCUT2D eigenvalue weighted by Crippen LogP contribution is -2.33. The summed E-state index contributed by atoms with van der Waals surface area (Å²) < 4.78 is 7.57. The highest BCUT2D eigenvalue weighted by Crippen LogP contribution is 2.21. The van der Waals surface area contributed by atoms with Crippen molar-refractivity contribution in [3.8, 4) is 11.4 Å². The van der Waals surface area contributed by atoms with Gasteiger partial charge in [-0.05, 0) is 56.3 Å². The molecule has 1 aromatic carbocycles. The first-order valence-corrected chi connectivity index (χ1v) is 9.90. The van der Waals surface area contributed by atoms with Crippen molar-refractivity contribution in [2.45, 2.75) is 33.1 Å². The van der Waals surface area contributed by atoms with Crippen LogP contribution >= 0.6 is 0 Å². The Morgan fingerprint density at radius 2 is 2.19 bits per heavy atom. The standard InChI is InChI=1S/C21H30N4O2/c1-16(2)15-27-19-14-25(18-8-4-3-5-9-18)24-20(19)21(26)23-12-10-17-7-6-11-22-13-17/h3-5,8-9,14,16-17,22H,6-7,10-13,15H2,1-2H3,(H,23,26). The van der Waals surface area contributed by atoms with E-state index in [0.29, 0.717) is 36.4 Å². The normalized spacial score (nSPS) is 17.1. The zero-order chi connectivity index (χ0) is 19.1. The molecule has 1 atom stereocenters. The molecule has 0 bridgehead atoms. The Morgan fingerprint density at radius 1 is 1.37 bits per heavy atom. The van der Waals surface area contributed by atoms with Gasteiger partial charge in [0.05, 0.1) is 18.5 Å². The molecule has 1 saturated heterocycles. The number of amides is 1. The van der Waals surface area contributed by atoms with E-state index in [9.17, 15) is 4.79 Å². The summed E-state index contributed by atoms with van der Waals surface area (Å²) in [5.41, 5.74) is 1.25. The van der Waals surface area contributed by atoms with Gasteiger partial charge in [-0.15, -0.1) is 0 Å². The van der Waals surface area contributed by atoms with E-state index < -0.39 is 0 Å². The number of nitrogens with one attached hydrogen (secondary N) is 2. The Kier molecular flexibility index (Phi) is 6.87. The molecule has 1 amide bonds. The van der Waals surface area contributed by atoms with Gasteiger partial charge < -0.3 is 15.4 Å². The molecular formula is C21H30N4O2. The summed E-state index contributed by atoms with van der Waals surface area (Å²) in [5, 5.41) is 10.9. The van der Waals surface area contributed by atoms with Gasteiger partial charge in [0.2, 0.25) is 0 Å². The molecule has 1 aromatic heterocycles. The molecule has 1 aliphatic rings. The molecule has 146 valence electrons. The zero-order valence-electron chi connectivity index (χ0n) is 16.3. The van der Waals surface area contributed by atoms with Gasteiger partial charge in [0.15, 0.2) is 11.4 Å². The number of piperidine rings is 1. The number of hydrogen-bond acceptors (Lipinski definition) is 4. The van der Waals surface area contributed by atoms with E-state index in [1.807, 2.05) is 30.3 Å². The molecule has 3 rings (SSSR count). The number of benzene rings is 1. The molecule has 1 fully saturated rings. The van der Waals surface area contributed by atoms with E-state index >= 15 is 0 Å². The van der Waals surface area contributed by atoms with Crippen molar-refractivity contribution in [3.63, 3.8) is 0 Å². The van der Waals surface area contributed by atoms with Crippen LogP contribution in [0.4, 0.5) is 0 Å². The van der Waals surface area contributed by atoms with Crippen LogP contribution in [-0.2, 0) is 0 Å². The number of ether oxygens (including phenoxy) is 1. The van der Waals surface area contributed by atoms with Crippen molar-refractivity contribution in [2.24, 2.45) is 11.8 Å². The molecule has 2 heterocycles. The maximum Gasteiger partial charge on any atom is 0.275 e. The lowest BCUT2D eigenvalue weighted by atomic mass is 9.96. The van der Waals surface area contributed by atoms with Crippen molar-refractivity contribution in [1.29, 1.82) is 0 Å². The fraction of sp³-hybridized carbons (Fsp3) is 0.524. The van der Waals surface area contributed by atoms with E-state index in [0.717, 1.165) is 25.2 Å². The third kappa shape index (κ3) is 5.57. The number of aromatic nitrogens is 2. The minimum atomic E-state index is -0.174. The van der Waals surface area contributed by atoms with Crippen LogP contribution in [0.3, 0.4) is 0 Å². The quantitative estimate of drug-likeness (QED) is 0.749. The number of hydrogen-bond donors (Lipinski definition) is 2. The minimum absolute atomic E-state index is 0.174. The molecule has 0 aliphatic carbocycles. The predicted molar refractivity (Wildman–Crippen MR) is 106 cm³/mol. The molecule has 27 heavy (non-hydrogen) atoms. The lowest BCUT2D eigenvalue weighted by Gasteiger charge is -2.22. The van der Waals surface area contributed by atoms with Gasteiger partial charge in [0, 0.05) is 6.54 Å². The maximum absolute atomic E-state index is 12.7. The van der Waals surface area contributed by atoms with Crippen LogP contribution in [0.25, 0.3) is 5.69 Å². The molecule has 2 N–H and O–H groups in total. The smallest absolute Gasteiger partial charge is 0.275 e. The average molecular weight is 370 g/mol. The summed E-state index contributed by atoms with van der Waals surface area (Å²) in [6.45, 7) is 7.53. The molecular weight excluding hydrogens is 340 g/mol. The summed E-state index contributed by atoms with van der Waals surface area (Å²) in [4.78, 5) is 12.7. The summed E-state index contributed by atoms with van der Waals surface area (Å²) in [7, 11) is 0. The number of nitrogens with zero attached hydrogens (tertiary/aromatic N) is 2. The van der Waals surface area contributed by atoms with E-state index in [1.165, 1.54) is 12.8 Å². The molecule has 1 unspecified atom stereocenters. The second kappa shape index (κ2) is 9.55. The molecule has 0 radical (unpaired) electrons. The SMILES string of the molecule is CC(C)COc1cn(-c2ccccc2)nc1C(=O)NCCC1CCCNC1. The highest BCUT2D eigenvalue weighted by Gasteiger charge is 2.20. The summed E-state index contributed by atoms with van der Waals surface area (Å²) in [6.07, 6.45) is 5.22. The van der Waals surface area contributed by atoms with E-state index in [-0.39, 0.29) is 5.91 Å². The van der Waals surface area contributed by atoms with Gasteiger partial charge in [-0.2, -0.15) is 5.10 Å². The number of carbonyl (C=O) groups excluding carboxylic acids is 1. The van der Waals surface area contributed by atoms with Crippen LogP contribution in [0.2, 0.25) is 0 Å². The Hall–Kier alpha value is -2.34.